The molecule has 1 atom stereocenters. The molecule has 0 spiro atoms. The molecule has 1 aliphatic heterocycles. The minimum atomic E-state index is -0.988. The summed E-state index contributed by atoms with van der Waals surface area (Å²) in [5.74, 6) is -1.04. The smallest absolute Gasteiger partial charge is 0.335 e. The highest BCUT2D eigenvalue weighted by Gasteiger charge is 2.30. The fraction of sp³-hybridized carbons (Fsp3) is 0.353. The number of amides is 1. The van der Waals surface area contributed by atoms with Crippen LogP contribution in [0.2, 0.25) is 0 Å². The first-order chi connectivity index (χ1) is 11.1. The van der Waals surface area contributed by atoms with E-state index in [1.54, 1.807) is 23.5 Å². The van der Waals surface area contributed by atoms with Gasteiger partial charge in [-0.25, -0.2) is 9.78 Å². The van der Waals surface area contributed by atoms with E-state index in [4.69, 9.17) is 5.11 Å². The van der Waals surface area contributed by atoms with Crippen molar-refractivity contribution < 1.29 is 14.7 Å². The van der Waals surface area contributed by atoms with Crippen LogP contribution in [-0.4, -0.2) is 33.4 Å². The second kappa shape index (κ2) is 6.50. The van der Waals surface area contributed by atoms with Gasteiger partial charge in [0, 0.05) is 23.2 Å². The molecular weight excluding hydrogens is 312 g/mol. The number of aromatic carboxylic acids is 1. The molecule has 23 heavy (non-hydrogen) atoms. The minimum absolute atomic E-state index is 0.0223. The lowest BCUT2D eigenvalue weighted by Crippen LogP contribution is -2.38. The van der Waals surface area contributed by atoms with Gasteiger partial charge >= 0.3 is 5.97 Å². The molecule has 1 unspecified atom stereocenters. The maximum absolute atomic E-state index is 12.8. The standard InChI is InChI=1S/C17H18N2O3S/c1-11-10-23-15(18-11)14-4-2-3-9-19(14)16(20)12-5-7-13(8-6-12)17(21)22/h5-8,10,14H,2-4,9H2,1H3,(H,21,22). The molecule has 0 radical (unpaired) electrons. The average molecular weight is 330 g/mol. The van der Waals surface area contributed by atoms with Gasteiger partial charge in [0.2, 0.25) is 0 Å². The molecule has 1 aromatic carbocycles. The van der Waals surface area contributed by atoms with Gasteiger partial charge in [0.15, 0.2) is 0 Å². The zero-order chi connectivity index (χ0) is 16.4. The SMILES string of the molecule is Cc1csc(C2CCCCN2C(=O)c2ccc(C(=O)O)cc2)n1. The van der Waals surface area contributed by atoms with Crippen LogP contribution < -0.4 is 0 Å². The number of aromatic nitrogens is 1. The molecule has 1 amide bonds. The normalized spacial score (nSPS) is 18.0. The Bertz CT molecular complexity index is 724. The number of carboxylic acids is 1. The Labute approximate surface area is 138 Å². The lowest BCUT2D eigenvalue weighted by atomic mass is 10.0. The second-order valence-electron chi connectivity index (χ2n) is 5.72. The number of hydrogen-bond acceptors (Lipinski definition) is 4. The van der Waals surface area contributed by atoms with Crippen LogP contribution in [-0.2, 0) is 0 Å². The summed E-state index contributed by atoms with van der Waals surface area (Å²) in [4.78, 5) is 30.2. The van der Waals surface area contributed by atoms with Crippen LogP contribution in [0.25, 0.3) is 0 Å². The van der Waals surface area contributed by atoms with E-state index in [1.807, 2.05) is 17.2 Å². The molecule has 1 saturated heterocycles. The molecule has 0 saturated carbocycles. The number of carbonyl (C=O) groups is 2. The van der Waals surface area contributed by atoms with Crippen molar-refractivity contribution in [3.8, 4) is 0 Å². The van der Waals surface area contributed by atoms with Gasteiger partial charge in [0.25, 0.3) is 5.91 Å². The van der Waals surface area contributed by atoms with Crippen LogP contribution in [0.5, 0.6) is 0 Å². The van der Waals surface area contributed by atoms with Gasteiger partial charge in [0.1, 0.15) is 5.01 Å². The van der Waals surface area contributed by atoms with Crippen LogP contribution in [0.15, 0.2) is 29.6 Å². The number of piperidine rings is 1. The number of benzene rings is 1. The predicted octanol–water partition coefficient (Wildman–Crippen LogP) is 3.52. The van der Waals surface area contributed by atoms with E-state index < -0.39 is 5.97 Å². The second-order valence-corrected chi connectivity index (χ2v) is 6.61. The molecule has 3 rings (SSSR count). The first-order valence-electron chi connectivity index (χ1n) is 7.62. The summed E-state index contributed by atoms with van der Waals surface area (Å²) in [6, 6.07) is 6.15. The lowest BCUT2D eigenvalue weighted by molar-refractivity contribution is 0.0609. The third kappa shape index (κ3) is 3.27. The Morgan fingerprint density at radius 1 is 1.22 bits per heavy atom. The van der Waals surface area contributed by atoms with Gasteiger partial charge in [-0.3, -0.25) is 4.79 Å². The summed E-state index contributed by atoms with van der Waals surface area (Å²) in [5, 5.41) is 11.9. The third-order valence-electron chi connectivity index (χ3n) is 4.06. The quantitative estimate of drug-likeness (QED) is 0.935. The van der Waals surface area contributed by atoms with E-state index in [9.17, 15) is 9.59 Å². The van der Waals surface area contributed by atoms with Crippen molar-refractivity contribution >= 4 is 23.2 Å². The highest BCUT2D eigenvalue weighted by atomic mass is 32.1. The van der Waals surface area contributed by atoms with E-state index in [1.165, 1.54) is 12.1 Å². The van der Waals surface area contributed by atoms with Crippen LogP contribution in [0.4, 0.5) is 0 Å². The van der Waals surface area contributed by atoms with Crippen LogP contribution >= 0.6 is 11.3 Å². The summed E-state index contributed by atoms with van der Waals surface area (Å²) in [6.45, 7) is 2.67. The van der Waals surface area contributed by atoms with Crippen LogP contribution in [0, 0.1) is 6.92 Å². The molecule has 0 bridgehead atoms. The first kappa shape index (κ1) is 15.7. The highest BCUT2D eigenvalue weighted by Crippen LogP contribution is 2.33. The van der Waals surface area contributed by atoms with Crippen molar-refractivity contribution in [1.29, 1.82) is 0 Å². The van der Waals surface area contributed by atoms with Crippen molar-refractivity contribution in [2.75, 3.05) is 6.54 Å². The monoisotopic (exact) mass is 330 g/mol. The topological polar surface area (TPSA) is 70.5 Å². The number of aryl methyl sites for hydroxylation is 1. The highest BCUT2D eigenvalue weighted by molar-refractivity contribution is 7.09. The van der Waals surface area contributed by atoms with E-state index >= 15 is 0 Å². The van der Waals surface area contributed by atoms with Gasteiger partial charge in [-0.1, -0.05) is 0 Å². The molecule has 1 fully saturated rings. The lowest BCUT2D eigenvalue weighted by Gasteiger charge is -2.34. The number of carboxylic acid groups (broad SMARTS) is 1. The van der Waals surface area contributed by atoms with E-state index in [0.29, 0.717) is 12.1 Å². The zero-order valence-electron chi connectivity index (χ0n) is 12.9. The van der Waals surface area contributed by atoms with E-state index in [-0.39, 0.29) is 17.5 Å². The molecule has 1 aliphatic rings. The van der Waals surface area contributed by atoms with Crippen LogP contribution in [0.3, 0.4) is 0 Å². The van der Waals surface area contributed by atoms with Gasteiger partial charge < -0.3 is 10.0 Å². The Hall–Kier alpha value is -2.21. The van der Waals surface area contributed by atoms with Gasteiger partial charge in [0.05, 0.1) is 11.6 Å². The van der Waals surface area contributed by atoms with E-state index in [2.05, 4.69) is 4.98 Å². The summed E-state index contributed by atoms with van der Waals surface area (Å²) in [7, 11) is 0. The molecule has 120 valence electrons. The van der Waals surface area contributed by atoms with Crippen molar-refractivity contribution in [3.63, 3.8) is 0 Å². The summed E-state index contributed by atoms with van der Waals surface area (Å²) < 4.78 is 0. The largest absolute Gasteiger partial charge is 0.478 e. The molecule has 2 heterocycles. The Balaban J connectivity index is 1.85. The molecule has 5 nitrogen and oxygen atoms in total. The molecule has 0 aliphatic carbocycles. The van der Waals surface area contributed by atoms with Crippen molar-refractivity contribution in [1.82, 2.24) is 9.88 Å². The number of rotatable bonds is 3. The Morgan fingerprint density at radius 2 is 1.91 bits per heavy atom. The maximum Gasteiger partial charge on any atom is 0.335 e. The predicted molar refractivity (Wildman–Crippen MR) is 87.9 cm³/mol. The van der Waals surface area contributed by atoms with Gasteiger partial charge in [-0.05, 0) is 50.5 Å². The fourth-order valence-electron chi connectivity index (χ4n) is 2.88. The fourth-order valence-corrected chi connectivity index (χ4v) is 3.82. The minimum Gasteiger partial charge on any atom is -0.478 e. The van der Waals surface area contributed by atoms with E-state index in [0.717, 1.165) is 30.0 Å². The zero-order valence-corrected chi connectivity index (χ0v) is 13.7. The van der Waals surface area contributed by atoms with Crippen molar-refractivity contribution in [2.45, 2.75) is 32.2 Å². The number of nitrogens with zero attached hydrogens (tertiary/aromatic N) is 2. The number of hydrogen-bond donors (Lipinski definition) is 1. The molecule has 1 N–H and O–H groups in total. The van der Waals surface area contributed by atoms with Gasteiger partial charge in [-0.2, -0.15) is 0 Å². The van der Waals surface area contributed by atoms with Crippen molar-refractivity contribution in [3.05, 3.63) is 51.5 Å². The Kier molecular flexibility index (Phi) is 4.43. The number of carbonyl (C=O) groups excluding carboxylic acids is 1. The number of likely N-dealkylation sites (tertiary alicyclic amines) is 1. The van der Waals surface area contributed by atoms with Crippen molar-refractivity contribution in [2.24, 2.45) is 0 Å². The van der Waals surface area contributed by atoms with Gasteiger partial charge in [-0.15, -0.1) is 11.3 Å². The molecule has 6 heteroatoms. The molecular formula is C17H18N2O3S. The summed E-state index contributed by atoms with van der Waals surface area (Å²) >= 11 is 1.60. The third-order valence-corrected chi connectivity index (χ3v) is 5.13. The summed E-state index contributed by atoms with van der Waals surface area (Å²) in [5.41, 5.74) is 1.69. The molecule has 2 aromatic rings. The average Bonchev–Trinajstić information content (AvgIpc) is 3.00. The maximum atomic E-state index is 12.8. The molecule has 1 aromatic heterocycles. The van der Waals surface area contributed by atoms with Crippen LogP contribution in [0.1, 0.15) is 56.7 Å². The summed E-state index contributed by atoms with van der Waals surface area (Å²) in [6.07, 6.45) is 3.00. The Morgan fingerprint density at radius 3 is 2.52 bits per heavy atom. The first-order valence-corrected chi connectivity index (χ1v) is 8.50. The number of thiazole rings is 1.